The highest BCUT2D eigenvalue weighted by atomic mass is 127. The molecule has 0 saturated carbocycles. The zero-order chi connectivity index (χ0) is 11.9. The average molecular weight is 348 g/mol. The predicted molar refractivity (Wildman–Crippen MR) is 81.8 cm³/mol. The molecule has 0 aliphatic rings. The van der Waals surface area contributed by atoms with Crippen LogP contribution in [-0.4, -0.2) is 12.9 Å². The van der Waals surface area contributed by atoms with Crippen LogP contribution in [0, 0.1) is 0 Å². The number of benzene rings is 1. The molecule has 1 atom stereocenters. The maximum absolute atomic E-state index is 5.83. The fourth-order valence-corrected chi connectivity index (χ4v) is 6.18. The van der Waals surface area contributed by atoms with Crippen molar-refractivity contribution in [2.75, 3.05) is 7.11 Å². The maximum Gasteiger partial charge on any atom is 0.290 e. The van der Waals surface area contributed by atoms with Crippen LogP contribution in [0.2, 0.25) is 6.04 Å². The van der Waals surface area contributed by atoms with Gasteiger partial charge in [0.25, 0.3) is 5.81 Å². The number of rotatable bonds is 7. The summed E-state index contributed by atoms with van der Waals surface area (Å²) in [6, 6.07) is 11.9. The van der Waals surface area contributed by atoms with Crippen LogP contribution in [0.15, 0.2) is 30.3 Å². The molecule has 0 saturated heterocycles. The van der Waals surface area contributed by atoms with Crippen molar-refractivity contribution in [2.24, 2.45) is 0 Å². The largest absolute Gasteiger partial charge is 0.407 e. The summed E-state index contributed by atoms with van der Waals surface area (Å²) in [4.78, 5) is 0. The first kappa shape index (κ1) is 14.2. The fraction of sp³-hybridized carbons (Fsp3) is 0.538. The first-order valence-corrected chi connectivity index (χ1v) is 11.3. The van der Waals surface area contributed by atoms with Crippen LogP contribution in [0.5, 0.6) is 0 Å². The number of hydrogen-bond acceptors (Lipinski definition) is 1. The third-order valence-corrected chi connectivity index (χ3v) is 10.5. The van der Waals surface area contributed by atoms with E-state index in [9.17, 15) is 0 Å². The fourth-order valence-electron chi connectivity index (χ4n) is 1.83. The van der Waals surface area contributed by atoms with Gasteiger partial charge in [0.05, 0.1) is 0 Å². The average Bonchev–Trinajstić information content (AvgIpc) is 2.35. The highest BCUT2D eigenvalue weighted by Gasteiger charge is 2.32. The lowest BCUT2D eigenvalue weighted by molar-refractivity contribution is 0.423. The van der Waals surface area contributed by atoms with Gasteiger partial charge in [-0.1, -0.05) is 84.7 Å². The molecule has 1 aromatic rings. The molecule has 90 valence electrons. The first-order chi connectivity index (χ1) is 7.73. The highest BCUT2D eigenvalue weighted by Crippen LogP contribution is 2.23. The van der Waals surface area contributed by atoms with Gasteiger partial charge < -0.3 is 4.43 Å². The van der Waals surface area contributed by atoms with E-state index in [-0.39, 0.29) is 0 Å². The molecular weight excluding hydrogens is 327 g/mol. The SMILES string of the molecule is CCCCCC[Si](I)(OC)c1ccccc1. The highest BCUT2D eigenvalue weighted by molar-refractivity contribution is 14.1. The van der Waals surface area contributed by atoms with Crippen molar-refractivity contribution in [1.29, 1.82) is 0 Å². The number of hydrogen-bond donors (Lipinski definition) is 0. The Morgan fingerprint density at radius 2 is 1.81 bits per heavy atom. The van der Waals surface area contributed by atoms with E-state index < -0.39 is 5.81 Å². The molecule has 0 bridgehead atoms. The lowest BCUT2D eigenvalue weighted by atomic mass is 10.2. The Kier molecular flexibility index (Phi) is 6.61. The molecule has 1 nitrogen and oxygen atoms in total. The van der Waals surface area contributed by atoms with Crippen molar-refractivity contribution in [3.63, 3.8) is 0 Å². The van der Waals surface area contributed by atoms with Crippen LogP contribution in [0.25, 0.3) is 0 Å². The van der Waals surface area contributed by atoms with Crippen molar-refractivity contribution in [2.45, 2.75) is 38.7 Å². The molecule has 1 aromatic carbocycles. The molecule has 0 radical (unpaired) electrons. The Balaban J connectivity index is 2.56. The van der Waals surface area contributed by atoms with Gasteiger partial charge in [-0.25, -0.2) is 0 Å². The van der Waals surface area contributed by atoms with Gasteiger partial charge >= 0.3 is 0 Å². The Labute approximate surface area is 113 Å². The Bertz CT molecular complexity index is 291. The van der Waals surface area contributed by atoms with E-state index in [4.69, 9.17) is 4.43 Å². The lowest BCUT2D eigenvalue weighted by Crippen LogP contribution is -2.43. The smallest absolute Gasteiger partial charge is 0.290 e. The molecule has 16 heavy (non-hydrogen) atoms. The summed E-state index contributed by atoms with van der Waals surface area (Å²) in [6.07, 6.45) is 5.28. The van der Waals surface area contributed by atoms with Gasteiger partial charge in [0.1, 0.15) is 0 Å². The molecule has 0 heterocycles. The molecule has 0 aliphatic heterocycles. The molecule has 0 amide bonds. The number of unbranched alkanes of at least 4 members (excludes halogenated alkanes) is 3. The molecule has 0 aliphatic carbocycles. The van der Waals surface area contributed by atoms with Gasteiger partial charge in [0, 0.05) is 7.11 Å². The van der Waals surface area contributed by atoms with E-state index in [2.05, 4.69) is 59.1 Å². The molecular formula is C13H21IOSi. The monoisotopic (exact) mass is 348 g/mol. The van der Waals surface area contributed by atoms with Gasteiger partial charge in [-0.2, -0.15) is 0 Å². The topological polar surface area (TPSA) is 9.23 Å². The summed E-state index contributed by atoms with van der Waals surface area (Å²) in [6.45, 7) is 2.25. The zero-order valence-electron chi connectivity index (χ0n) is 10.2. The summed E-state index contributed by atoms with van der Waals surface area (Å²) in [5.41, 5.74) is 0. The van der Waals surface area contributed by atoms with Crippen molar-refractivity contribution < 1.29 is 4.43 Å². The number of halogens is 1. The van der Waals surface area contributed by atoms with Crippen LogP contribution in [0.4, 0.5) is 0 Å². The minimum Gasteiger partial charge on any atom is -0.407 e. The van der Waals surface area contributed by atoms with Crippen molar-refractivity contribution in [3.05, 3.63) is 30.3 Å². The summed E-state index contributed by atoms with van der Waals surface area (Å²) in [7, 11) is 1.87. The lowest BCUT2D eigenvalue weighted by Gasteiger charge is -2.23. The minimum absolute atomic E-state index is 1.23. The Hall–Kier alpha value is 0.127. The van der Waals surface area contributed by atoms with Crippen LogP contribution in [-0.2, 0) is 4.43 Å². The molecule has 0 aromatic heterocycles. The van der Waals surface area contributed by atoms with Crippen LogP contribution in [0.1, 0.15) is 32.6 Å². The van der Waals surface area contributed by atoms with Gasteiger partial charge in [0.15, 0.2) is 0 Å². The summed E-state index contributed by atoms with van der Waals surface area (Å²) >= 11 is 2.57. The molecule has 0 N–H and O–H groups in total. The van der Waals surface area contributed by atoms with Crippen LogP contribution >= 0.6 is 21.8 Å². The molecule has 0 fully saturated rings. The summed E-state index contributed by atoms with van der Waals surface area (Å²) in [5.74, 6) is -1.68. The molecule has 1 rings (SSSR count). The minimum atomic E-state index is -1.68. The normalized spacial score (nSPS) is 14.7. The summed E-state index contributed by atoms with van der Waals surface area (Å²) in [5, 5.41) is 1.41. The van der Waals surface area contributed by atoms with E-state index in [1.54, 1.807) is 0 Å². The van der Waals surface area contributed by atoms with Crippen molar-refractivity contribution in [3.8, 4) is 0 Å². The van der Waals surface area contributed by atoms with E-state index in [1.807, 2.05) is 7.11 Å². The maximum atomic E-state index is 5.83. The quantitative estimate of drug-likeness (QED) is 0.313. The third-order valence-electron chi connectivity index (χ3n) is 2.88. The third kappa shape index (κ3) is 4.18. The molecule has 3 heteroatoms. The van der Waals surface area contributed by atoms with Crippen LogP contribution in [0.3, 0.4) is 0 Å². The standard InChI is InChI=1S/C13H21IOSi/c1-3-4-5-9-12-16(14,15-2)13-10-7-6-8-11-13/h6-8,10-11H,3-5,9,12H2,1-2H3. The van der Waals surface area contributed by atoms with Gasteiger partial charge in [-0.05, 0) is 11.2 Å². The van der Waals surface area contributed by atoms with Crippen LogP contribution < -0.4 is 5.19 Å². The first-order valence-electron chi connectivity index (χ1n) is 6.02. The Morgan fingerprint density at radius 3 is 2.38 bits per heavy atom. The van der Waals surface area contributed by atoms with E-state index in [0.29, 0.717) is 0 Å². The van der Waals surface area contributed by atoms with E-state index >= 15 is 0 Å². The van der Waals surface area contributed by atoms with Gasteiger partial charge in [-0.15, -0.1) is 0 Å². The van der Waals surface area contributed by atoms with E-state index in [0.717, 1.165) is 0 Å². The van der Waals surface area contributed by atoms with Crippen molar-refractivity contribution in [1.82, 2.24) is 0 Å². The second kappa shape index (κ2) is 7.45. The van der Waals surface area contributed by atoms with E-state index in [1.165, 1.54) is 36.9 Å². The Morgan fingerprint density at radius 1 is 1.12 bits per heavy atom. The summed E-state index contributed by atoms with van der Waals surface area (Å²) < 4.78 is 5.83. The van der Waals surface area contributed by atoms with Gasteiger partial charge in [0.2, 0.25) is 0 Å². The van der Waals surface area contributed by atoms with Gasteiger partial charge in [-0.3, -0.25) is 0 Å². The van der Waals surface area contributed by atoms with Crippen molar-refractivity contribution >= 4 is 32.8 Å². The predicted octanol–water partition coefficient (Wildman–Crippen LogP) is 4.00. The second-order valence-electron chi connectivity index (χ2n) is 4.11. The molecule has 0 spiro atoms. The second-order valence-corrected chi connectivity index (χ2v) is 12.3. The molecule has 1 unspecified atom stereocenters. The zero-order valence-corrected chi connectivity index (χ0v) is 13.4.